The Hall–Kier alpha value is -3.41. The van der Waals surface area contributed by atoms with Gasteiger partial charge < -0.3 is 14.8 Å². The number of piperidine rings is 1. The van der Waals surface area contributed by atoms with Crippen molar-refractivity contribution in [2.45, 2.75) is 40.5 Å². The maximum atomic E-state index is 13.4. The van der Waals surface area contributed by atoms with Crippen LogP contribution in [0.25, 0.3) is 5.69 Å². The van der Waals surface area contributed by atoms with E-state index in [-0.39, 0.29) is 17.7 Å². The third-order valence-electron chi connectivity index (χ3n) is 6.25. The average molecular weight is 431 g/mol. The number of amides is 2. The molecule has 0 saturated carbocycles. The minimum absolute atomic E-state index is 0.0106. The molecule has 3 heterocycles. The number of anilines is 1. The third kappa shape index (κ3) is 4.31. The molecule has 0 spiro atoms. The van der Waals surface area contributed by atoms with Gasteiger partial charge in [-0.2, -0.15) is 0 Å². The Morgan fingerprint density at radius 2 is 1.88 bits per heavy atom. The molecule has 1 N–H and O–H groups in total. The summed E-state index contributed by atoms with van der Waals surface area (Å²) in [5.41, 5.74) is 5.80. The summed E-state index contributed by atoms with van der Waals surface area (Å²) >= 11 is 0. The number of carbonyl (C=O) groups excluding carboxylic acids is 2. The smallest absolute Gasteiger partial charge is 0.255 e. The first kappa shape index (κ1) is 21.8. The van der Waals surface area contributed by atoms with Gasteiger partial charge in [0.2, 0.25) is 5.91 Å². The second kappa shape index (κ2) is 8.99. The van der Waals surface area contributed by atoms with Crippen molar-refractivity contribution in [3.05, 3.63) is 76.7 Å². The van der Waals surface area contributed by atoms with E-state index in [4.69, 9.17) is 0 Å². The summed E-state index contributed by atoms with van der Waals surface area (Å²) < 4.78 is 2.12. The third-order valence-corrected chi connectivity index (χ3v) is 6.25. The maximum Gasteiger partial charge on any atom is 0.255 e. The Labute approximate surface area is 189 Å². The lowest BCUT2D eigenvalue weighted by Gasteiger charge is -2.32. The van der Waals surface area contributed by atoms with Crippen molar-refractivity contribution in [3.63, 3.8) is 0 Å². The van der Waals surface area contributed by atoms with E-state index >= 15 is 0 Å². The molecule has 1 aromatic carbocycles. The number of rotatable bonds is 4. The van der Waals surface area contributed by atoms with Crippen molar-refractivity contribution >= 4 is 17.6 Å². The molecule has 0 radical (unpaired) electrons. The van der Waals surface area contributed by atoms with Crippen LogP contribution >= 0.6 is 0 Å². The van der Waals surface area contributed by atoms with E-state index in [9.17, 15) is 9.59 Å². The minimum Gasteiger partial charge on any atom is -0.338 e. The number of aromatic nitrogens is 2. The van der Waals surface area contributed by atoms with Gasteiger partial charge in [-0.05, 0) is 75.9 Å². The monoisotopic (exact) mass is 430 g/mol. The highest BCUT2D eigenvalue weighted by Crippen LogP contribution is 2.26. The number of benzene rings is 1. The summed E-state index contributed by atoms with van der Waals surface area (Å²) in [5.74, 6) is 0.259. The molecule has 6 heteroatoms. The van der Waals surface area contributed by atoms with E-state index in [2.05, 4.69) is 40.0 Å². The zero-order chi connectivity index (χ0) is 22.8. The van der Waals surface area contributed by atoms with Crippen LogP contribution in [0.1, 0.15) is 45.7 Å². The largest absolute Gasteiger partial charge is 0.338 e. The van der Waals surface area contributed by atoms with E-state index in [0.717, 1.165) is 35.5 Å². The molecule has 1 fully saturated rings. The number of likely N-dealkylation sites (tertiary alicyclic amines) is 1. The van der Waals surface area contributed by atoms with Gasteiger partial charge in [0, 0.05) is 36.4 Å². The van der Waals surface area contributed by atoms with Gasteiger partial charge >= 0.3 is 0 Å². The van der Waals surface area contributed by atoms with E-state index in [1.54, 1.807) is 6.20 Å². The predicted molar refractivity (Wildman–Crippen MR) is 126 cm³/mol. The first-order chi connectivity index (χ1) is 15.3. The molecule has 1 aliphatic rings. The molecule has 2 aromatic heterocycles. The molecule has 2 amide bonds. The van der Waals surface area contributed by atoms with E-state index in [0.29, 0.717) is 24.5 Å². The lowest BCUT2D eigenvalue weighted by molar-refractivity contribution is -0.121. The molecule has 166 valence electrons. The highest BCUT2D eigenvalue weighted by atomic mass is 16.2. The van der Waals surface area contributed by atoms with Crippen LogP contribution in [0.4, 0.5) is 5.82 Å². The summed E-state index contributed by atoms with van der Waals surface area (Å²) in [5, 5.41) is 2.94. The number of nitrogens with zero attached hydrogens (tertiary/aromatic N) is 3. The maximum absolute atomic E-state index is 13.4. The van der Waals surface area contributed by atoms with Crippen molar-refractivity contribution in [3.8, 4) is 5.69 Å². The van der Waals surface area contributed by atoms with Crippen molar-refractivity contribution in [1.29, 1.82) is 0 Å². The Kier molecular flexibility index (Phi) is 6.12. The first-order valence-electron chi connectivity index (χ1n) is 11.1. The first-order valence-corrected chi connectivity index (χ1v) is 11.1. The van der Waals surface area contributed by atoms with Crippen LogP contribution in [0.2, 0.25) is 0 Å². The Morgan fingerprint density at radius 1 is 1.06 bits per heavy atom. The van der Waals surface area contributed by atoms with Crippen molar-refractivity contribution in [2.75, 3.05) is 18.4 Å². The Morgan fingerprint density at radius 3 is 2.62 bits per heavy atom. The molecule has 4 rings (SSSR count). The molecule has 3 aromatic rings. The van der Waals surface area contributed by atoms with E-state index in [1.807, 2.05) is 49.9 Å². The number of hydrogen-bond acceptors (Lipinski definition) is 3. The van der Waals surface area contributed by atoms with Gasteiger partial charge in [-0.25, -0.2) is 4.98 Å². The molecule has 6 nitrogen and oxygen atoms in total. The van der Waals surface area contributed by atoms with E-state index < -0.39 is 0 Å². The van der Waals surface area contributed by atoms with Crippen molar-refractivity contribution in [2.24, 2.45) is 5.92 Å². The number of aryl methyl sites for hydroxylation is 3. The molecule has 1 atom stereocenters. The van der Waals surface area contributed by atoms with Gasteiger partial charge in [0.15, 0.2) is 0 Å². The average Bonchev–Trinajstić information content (AvgIpc) is 3.08. The predicted octanol–water partition coefficient (Wildman–Crippen LogP) is 4.60. The molecule has 0 aliphatic carbocycles. The molecule has 1 saturated heterocycles. The van der Waals surface area contributed by atoms with Crippen molar-refractivity contribution in [1.82, 2.24) is 14.5 Å². The second-order valence-electron chi connectivity index (χ2n) is 8.71. The quantitative estimate of drug-likeness (QED) is 0.658. The van der Waals surface area contributed by atoms with Gasteiger partial charge in [0.1, 0.15) is 5.82 Å². The lowest BCUT2D eigenvalue weighted by atomic mass is 9.96. The molecule has 0 bridgehead atoms. The van der Waals surface area contributed by atoms with Crippen LogP contribution in [0.3, 0.4) is 0 Å². The highest BCUT2D eigenvalue weighted by molar-refractivity contribution is 5.97. The zero-order valence-electron chi connectivity index (χ0n) is 19.2. The topological polar surface area (TPSA) is 67.2 Å². The standard InChI is InChI=1S/C26H30N4O2/c1-17-8-5-11-22(14-17)30-19(3)15-23(20(30)4)26(32)29-13-7-10-21(16-29)25(31)28-24-18(2)9-6-12-27-24/h5-6,8-9,11-12,14-15,21H,7,10,13,16H2,1-4H3,(H,27,28,31). The van der Waals surface area contributed by atoms with Gasteiger partial charge in [-0.15, -0.1) is 0 Å². The van der Waals surface area contributed by atoms with Crippen LogP contribution in [0, 0.1) is 33.6 Å². The van der Waals surface area contributed by atoms with Gasteiger partial charge in [0.05, 0.1) is 11.5 Å². The number of hydrogen-bond donors (Lipinski definition) is 1. The van der Waals surface area contributed by atoms with Crippen LogP contribution in [0.5, 0.6) is 0 Å². The van der Waals surface area contributed by atoms with Crippen molar-refractivity contribution < 1.29 is 9.59 Å². The number of pyridine rings is 1. The minimum atomic E-state index is -0.241. The van der Waals surface area contributed by atoms with E-state index in [1.165, 1.54) is 5.56 Å². The second-order valence-corrected chi connectivity index (χ2v) is 8.71. The fourth-order valence-corrected chi connectivity index (χ4v) is 4.52. The molecule has 1 unspecified atom stereocenters. The molecular weight excluding hydrogens is 400 g/mol. The summed E-state index contributed by atoms with van der Waals surface area (Å²) in [4.78, 5) is 32.4. The fourth-order valence-electron chi connectivity index (χ4n) is 4.52. The van der Waals surface area contributed by atoms with Crippen LogP contribution in [-0.2, 0) is 4.79 Å². The Bertz CT molecular complexity index is 1160. The fraction of sp³-hybridized carbons (Fsp3) is 0.346. The van der Waals surface area contributed by atoms with Gasteiger partial charge in [-0.3, -0.25) is 9.59 Å². The summed E-state index contributed by atoms with van der Waals surface area (Å²) in [6, 6.07) is 14.0. The Balaban J connectivity index is 1.52. The summed E-state index contributed by atoms with van der Waals surface area (Å²) in [7, 11) is 0. The lowest BCUT2D eigenvalue weighted by Crippen LogP contribution is -2.44. The molecular formula is C26H30N4O2. The molecule has 1 aliphatic heterocycles. The van der Waals surface area contributed by atoms with Crippen LogP contribution < -0.4 is 5.32 Å². The molecule has 32 heavy (non-hydrogen) atoms. The van der Waals surface area contributed by atoms with Gasteiger partial charge in [0.25, 0.3) is 5.91 Å². The van der Waals surface area contributed by atoms with Crippen LogP contribution in [-0.4, -0.2) is 39.4 Å². The summed E-state index contributed by atoms with van der Waals surface area (Å²) in [6.45, 7) is 9.08. The summed E-state index contributed by atoms with van der Waals surface area (Å²) in [6.07, 6.45) is 3.24. The van der Waals surface area contributed by atoms with Crippen LogP contribution in [0.15, 0.2) is 48.7 Å². The normalized spacial score (nSPS) is 16.1. The SMILES string of the molecule is Cc1cccc(-n2c(C)cc(C(=O)N3CCCC(C(=O)Nc4ncccc4C)C3)c2C)c1. The number of nitrogens with one attached hydrogen (secondary N) is 1. The van der Waals surface area contributed by atoms with Gasteiger partial charge in [-0.1, -0.05) is 18.2 Å². The number of carbonyl (C=O) groups is 2. The zero-order valence-corrected chi connectivity index (χ0v) is 19.2. The highest BCUT2D eigenvalue weighted by Gasteiger charge is 2.31.